The highest BCUT2D eigenvalue weighted by Crippen LogP contribution is 2.13. The highest BCUT2D eigenvalue weighted by molar-refractivity contribution is 5.80. The number of urea groups is 1. The number of amides is 2. The van der Waals surface area contributed by atoms with Crippen LogP contribution >= 0.6 is 0 Å². The van der Waals surface area contributed by atoms with Gasteiger partial charge in [-0.2, -0.15) is 0 Å². The van der Waals surface area contributed by atoms with Crippen LogP contribution in [0.3, 0.4) is 0 Å². The zero-order valence-electron chi connectivity index (χ0n) is 12.1. The van der Waals surface area contributed by atoms with E-state index in [4.69, 9.17) is 5.11 Å². The van der Waals surface area contributed by atoms with Crippen molar-refractivity contribution in [3.8, 4) is 0 Å². The summed E-state index contributed by atoms with van der Waals surface area (Å²) in [5, 5.41) is 11.7. The van der Waals surface area contributed by atoms with Gasteiger partial charge in [-0.3, -0.25) is 4.79 Å². The molecule has 0 radical (unpaired) electrons. The van der Waals surface area contributed by atoms with Crippen molar-refractivity contribution < 1.29 is 14.7 Å². The summed E-state index contributed by atoms with van der Waals surface area (Å²) >= 11 is 0. The van der Waals surface area contributed by atoms with E-state index >= 15 is 0 Å². The van der Waals surface area contributed by atoms with E-state index in [1.807, 2.05) is 13.8 Å². The summed E-state index contributed by atoms with van der Waals surface area (Å²) in [6.45, 7) is 6.82. The third-order valence-electron chi connectivity index (χ3n) is 3.23. The van der Waals surface area contributed by atoms with E-state index in [2.05, 4.69) is 17.3 Å². The molecule has 1 saturated heterocycles. The number of carboxylic acids is 1. The summed E-state index contributed by atoms with van der Waals surface area (Å²) in [7, 11) is 2.07. The van der Waals surface area contributed by atoms with Crippen molar-refractivity contribution in [3.05, 3.63) is 0 Å². The lowest BCUT2D eigenvalue weighted by Gasteiger charge is -2.24. The van der Waals surface area contributed by atoms with E-state index in [0.717, 1.165) is 19.5 Å². The molecule has 0 aliphatic carbocycles. The molecular formula is C13H25N3O3. The number of likely N-dealkylation sites (tertiary alicyclic amines) is 1. The number of rotatable bonds is 6. The molecule has 0 aromatic carbocycles. The fraction of sp³-hybridized carbons (Fsp3) is 0.846. The van der Waals surface area contributed by atoms with Crippen molar-refractivity contribution in [3.63, 3.8) is 0 Å². The van der Waals surface area contributed by atoms with Gasteiger partial charge < -0.3 is 20.2 Å². The highest BCUT2D eigenvalue weighted by Gasteiger charge is 2.22. The largest absolute Gasteiger partial charge is 0.480 e. The minimum Gasteiger partial charge on any atom is -0.480 e. The van der Waals surface area contributed by atoms with Crippen molar-refractivity contribution in [2.75, 3.05) is 39.8 Å². The van der Waals surface area contributed by atoms with E-state index in [1.165, 1.54) is 4.90 Å². The van der Waals surface area contributed by atoms with E-state index in [0.29, 0.717) is 19.0 Å². The Labute approximate surface area is 114 Å². The quantitative estimate of drug-likeness (QED) is 0.745. The first kappa shape index (κ1) is 15.8. The minimum absolute atomic E-state index is 0.241. The van der Waals surface area contributed by atoms with Gasteiger partial charge in [-0.1, -0.05) is 13.8 Å². The first-order chi connectivity index (χ1) is 8.88. The average Bonchev–Trinajstić information content (AvgIpc) is 2.70. The summed E-state index contributed by atoms with van der Waals surface area (Å²) in [4.78, 5) is 26.4. The Morgan fingerprint density at radius 2 is 2.16 bits per heavy atom. The molecule has 110 valence electrons. The number of carbonyl (C=O) groups excluding carboxylic acids is 1. The van der Waals surface area contributed by atoms with Crippen LogP contribution in [-0.2, 0) is 4.79 Å². The zero-order chi connectivity index (χ0) is 14.4. The third-order valence-corrected chi connectivity index (χ3v) is 3.23. The topological polar surface area (TPSA) is 72.9 Å². The number of hydrogen-bond donors (Lipinski definition) is 2. The molecule has 0 bridgehead atoms. The van der Waals surface area contributed by atoms with Gasteiger partial charge in [0.05, 0.1) is 0 Å². The molecule has 6 nitrogen and oxygen atoms in total. The molecule has 6 heteroatoms. The Morgan fingerprint density at radius 3 is 2.63 bits per heavy atom. The average molecular weight is 271 g/mol. The van der Waals surface area contributed by atoms with Crippen LogP contribution < -0.4 is 5.32 Å². The third kappa shape index (κ3) is 5.92. The number of aliphatic carboxylic acids is 1. The Balaban J connectivity index is 2.40. The molecule has 0 aromatic rings. The van der Waals surface area contributed by atoms with Crippen molar-refractivity contribution >= 4 is 12.0 Å². The standard InChI is InChI=1S/C13H25N3O3/c1-10(2)7-16(9-12(17)18)13(19)14-6-11-4-5-15(3)8-11/h10-11H,4-9H2,1-3H3,(H,14,19)(H,17,18). The monoisotopic (exact) mass is 271 g/mol. The van der Waals surface area contributed by atoms with Crippen LogP contribution in [0.4, 0.5) is 4.79 Å². The Bertz CT molecular complexity index is 320. The number of carboxylic acid groups (broad SMARTS) is 1. The van der Waals surface area contributed by atoms with E-state index in [9.17, 15) is 9.59 Å². The van der Waals surface area contributed by atoms with Crippen molar-refractivity contribution in [2.45, 2.75) is 20.3 Å². The predicted molar refractivity (Wildman–Crippen MR) is 73.0 cm³/mol. The Hall–Kier alpha value is -1.30. The molecule has 2 amide bonds. The van der Waals surface area contributed by atoms with E-state index in [-0.39, 0.29) is 18.5 Å². The van der Waals surface area contributed by atoms with Gasteiger partial charge in [0.1, 0.15) is 6.54 Å². The predicted octanol–water partition coefficient (Wildman–Crippen LogP) is 0.690. The van der Waals surface area contributed by atoms with Crippen molar-refractivity contribution in [1.29, 1.82) is 0 Å². The molecule has 0 aromatic heterocycles. The molecule has 1 aliphatic rings. The maximum atomic E-state index is 12.0. The smallest absolute Gasteiger partial charge is 0.323 e. The van der Waals surface area contributed by atoms with Gasteiger partial charge in [-0.05, 0) is 31.8 Å². The Morgan fingerprint density at radius 1 is 1.47 bits per heavy atom. The normalized spacial score (nSPS) is 19.7. The molecule has 19 heavy (non-hydrogen) atoms. The number of nitrogens with one attached hydrogen (secondary N) is 1. The van der Waals surface area contributed by atoms with Crippen LogP contribution in [0.2, 0.25) is 0 Å². The Kier molecular flexibility index (Phi) is 6.08. The number of hydrogen-bond acceptors (Lipinski definition) is 3. The summed E-state index contributed by atoms with van der Waals surface area (Å²) in [5.74, 6) is -0.251. The van der Waals surface area contributed by atoms with Crippen LogP contribution in [0.1, 0.15) is 20.3 Å². The first-order valence-electron chi connectivity index (χ1n) is 6.81. The summed E-state index contributed by atoms with van der Waals surface area (Å²) in [6, 6.07) is -0.273. The molecule has 1 rings (SSSR count). The molecule has 1 fully saturated rings. The van der Waals surface area contributed by atoms with Crippen LogP contribution in [0.25, 0.3) is 0 Å². The van der Waals surface area contributed by atoms with Crippen molar-refractivity contribution in [1.82, 2.24) is 15.1 Å². The second kappa shape index (κ2) is 7.33. The maximum Gasteiger partial charge on any atom is 0.323 e. The summed E-state index contributed by atoms with van der Waals surface area (Å²) < 4.78 is 0. The summed E-state index contributed by atoms with van der Waals surface area (Å²) in [6.07, 6.45) is 1.08. The SMILES string of the molecule is CC(C)CN(CC(=O)O)C(=O)NCC1CCN(C)C1. The first-order valence-corrected chi connectivity index (χ1v) is 6.81. The van der Waals surface area contributed by atoms with Gasteiger partial charge in [0.25, 0.3) is 0 Å². The molecule has 1 heterocycles. The lowest BCUT2D eigenvalue weighted by molar-refractivity contribution is -0.137. The zero-order valence-corrected chi connectivity index (χ0v) is 12.1. The van der Waals surface area contributed by atoms with Gasteiger partial charge >= 0.3 is 12.0 Å². The molecule has 1 atom stereocenters. The molecule has 0 spiro atoms. The second-order valence-corrected chi connectivity index (χ2v) is 5.77. The molecule has 2 N–H and O–H groups in total. The van der Waals surface area contributed by atoms with Crippen LogP contribution in [-0.4, -0.2) is 66.7 Å². The maximum absolute atomic E-state index is 12.0. The number of carbonyl (C=O) groups is 2. The fourth-order valence-corrected chi connectivity index (χ4v) is 2.36. The molecule has 0 saturated carbocycles. The van der Waals surface area contributed by atoms with Gasteiger partial charge in [-0.15, -0.1) is 0 Å². The fourth-order valence-electron chi connectivity index (χ4n) is 2.36. The number of nitrogens with zero attached hydrogens (tertiary/aromatic N) is 2. The minimum atomic E-state index is -0.976. The van der Waals surface area contributed by atoms with Crippen LogP contribution in [0, 0.1) is 11.8 Å². The second-order valence-electron chi connectivity index (χ2n) is 5.77. The molecule has 1 aliphatic heterocycles. The van der Waals surface area contributed by atoms with Gasteiger partial charge in [0.2, 0.25) is 0 Å². The summed E-state index contributed by atoms with van der Waals surface area (Å²) in [5.41, 5.74) is 0. The van der Waals surface area contributed by atoms with Gasteiger partial charge in [0.15, 0.2) is 0 Å². The van der Waals surface area contributed by atoms with Crippen molar-refractivity contribution in [2.24, 2.45) is 11.8 Å². The lowest BCUT2D eigenvalue weighted by Crippen LogP contribution is -2.45. The molecule has 1 unspecified atom stereocenters. The lowest BCUT2D eigenvalue weighted by atomic mass is 10.1. The van der Waals surface area contributed by atoms with Gasteiger partial charge in [-0.25, -0.2) is 4.79 Å². The van der Waals surface area contributed by atoms with E-state index < -0.39 is 5.97 Å². The van der Waals surface area contributed by atoms with Crippen LogP contribution in [0.15, 0.2) is 0 Å². The van der Waals surface area contributed by atoms with Crippen LogP contribution in [0.5, 0.6) is 0 Å². The molecular weight excluding hydrogens is 246 g/mol. The highest BCUT2D eigenvalue weighted by atomic mass is 16.4. The van der Waals surface area contributed by atoms with E-state index in [1.54, 1.807) is 0 Å². The van der Waals surface area contributed by atoms with Gasteiger partial charge in [0, 0.05) is 19.6 Å².